The Morgan fingerprint density at radius 1 is 1.20 bits per heavy atom. The van der Waals surface area contributed by atoms with Gasteiger partial charge in [-0.1, -0.05) is 30.0 Å². The highest BCUT2D eigenvalue weighted by Gasteiger charge is 2.22. The second kappa shape index (κ2) is 9.98. The molecule has 0 aliphatic carbocycles. The molecule has 0 saturated carbocycles. The number of hydrogen-bond donors (Lipinski definition) is 1. The Morgan fingerprint density at radius 3 is 2.57 bits per heavy atom. The van der Waals surface area contributed by atoms with E-state index in [4.69, 9.17) is 4.74 Å². The van der Waals surface area contributed by atoms with Gasteiger partial charge in [-0.05, 0) is 51.5 Å². The first kappa shape index (κ1) is 22.2. The van der Waals surface area contributed by atoms with Gasteiger partial charge in [-0.3, -0.25) is 10.1 Å². The van der Waals surface area contributed by atoms with Crippen LogP contribution >= 0.6 is 23.1 Å². The van der Waals surface area contributed by atoms with Crippen LogP contribution in [0.1, 0.15) is 50.7 Å². The smallest absolute Gasteiger partial charge is 0.236 e. The Balaban J connectivity index is 1.65. The maximum Gasteiger partial charge on any atom is 0.236 e. The molecule has 0 saturated heterocycles. The zero-order valence-corrected chi connectivity index (χ0v) is 18.8. The highest BCUT2D eigenvalue weighted by molar-refractivity contribution is 7.99. The van der Waals surface area contributed by atoms with Crippen molar-refractivity contribution in [1.82, 2.24) is 25.0 Å². The summed E-state index contributed by atoms with van der Waals surface area (Å²) in [5, 5.41) is 21.2. The van der Waals surface area contributed by atoms with E-state index in [9.17, 15) is 9.18 Å². The maximum atomic E-state index is 13.1. The number of nitrogens with one attached hydrogen (secondary N) is 1. The summed E-state index contributed by atoms with van der Waals surface area (Å²) < 4.78 is 20.9. The van der Waals surface area contributed by atoms with Crippen molar-refractivity contribution < 1.29 is 13.9 Å². The van der Waals surface area contributed by atoms with Gasteiger partial charge in [0, 0.05) is 6.04 Å². The van der Waals surface area contributed by atoms with Crippen LogP contribution in [0.4, 0.5) is 9.52 Å². The number of anilines is 1. The van der Waals surface area contributed by atoms with Gasteiger partial charge < -0.3 is 9.30 Å². The molecule has 1 N–H and O–H groups in total. The van der Waals surface area contributed by atoms with Crippen molar-refractivity contribution >= 4 is 34.1 Å². The van der Waals surface area contributed by atoms with Crippen LogP contribution in [-0.2, 0) is 11.2 Å². The second-order valence-electron chi connectivity index (χ2n) is 6.71. The van der Waals surface area contributed by atoms with Crippen molar-refractivity contribution in [3.8, 4) is 5.75 Å². The van der Waals surface area contributed by atoms with E-state index in [-0.39, 0.29) is 23.5 Å². The molecule has 3 aromatic rings. The molecular weight excluding hydrogens is 427 g/mol. The number of halogens is 1. The molecule has 3 rings (SSSR count). The van der Waals surface area contributed by atoms with Gasteiger partial charge in [0.15, 0.2) is 17.1 Å². The molecule has 1 amide bonds. The average molecular weight is 451 g/mol. The van der Waals surface area contributed by atoms with Gasteiger partial charge in [0.25, 0.3) is 0 Å². The van der Waals surface area contributed by atoms with Crippen LogP contribution in [0, 0.1) is 5.82 Å². The number of hydrogen-bond acceptors (Lipinski definition) is 8. The highest BCUT2D eigenvalue weighted by atomic mass is 32.2. The number of nitrogens with zero attached hydrogens (tertiary/aromatic N) is 5. The van der Waals surface area contributed by atoms with Crippen LogP contribution in [0.5, 0.6) is 5.75 Å². The van der Waals surface area contributed by atoms with Crippen molar-refractivity contribution in [2.24, 2.45) is 0 Å². The third kappa shape index (κ3) is 5.54. The summed E-state index contributed by atoms with van der Waals surface area (Å²) in [6, 6.07) is 5.89. The molecule has 0 bridgehead atoms. The van der Waals surface area contributed by atoms with Crippen molar-refractivity contribution in [2.45, 2.75) is 51.4 Å². The fraction of sp³-hybridized carbons (Fsp3) is 0.421. The van der Waals surface area contributed by atoms with Crippen LogP contribution in [0.3, 0.4) is 0 Å². The number of ether oxygens (including phenoxy) is 1. The predicted octanol–water partition coefficient (Wildman–Crippen LogP) is 4.28. The first-order valence-electron chi connectivity index (χ1n) is 9.49. The number of carbonyl (C=O) groups is 1. The summed E-state index contributed by atoms with van der Waals surface area (Å²) in [5.74, 6) is 0.832. The second-order valence-corrected chi connectivity index (χ2v) is 8.71. The molecule has 0 aliphatic heterocycles. The molecule has 0 spiro atoms. The number of benzene rings is 1. The number of carbonyl (C=O) groups excluding carboxylic acids is 1. The van der Waals surface area contributed by atoms with Crippen molar-refractivity contribution in [3.05, 3.63) is 40.9 Å². The summed E-state index contributed by atoms with van der Waals surface area (Å²) in [6.45, 7) is 7.86. The normalized spacial score (nSPS) is 12.2. The lowest BCUT2D eigenvalue weighted by molar-refractivity contribution is -0.113. The van der Waals surface area contributed by atoms with Gasteiger partial charge in [0.2, 0.25) is 11.0 Å². The van der Waals surface area contributed by atoms with E-state index >= 15 is 0 Å². The molecule has 11 heteroatoms. The van der Waals surface area contributed by atoms with Gasteiger partial charge in [-0.15, -0.1) is 20.4 Å². The number of aryl methyl sites for hydroxylation is 1. The minimum absolute atomic E-state index is 0.0649. The number of aromatic nitrogens is 5. The van der Waals surface area contributed by atoms with Gasteiger partial charge in [0.05, 0.1) is 5.75 Å². The van der Waals surface area contributed by atoms with E-state index in [1.54, 1.807) is 12.1 Å². The first-order valence-corrected chi connectivity index (χ1v) is 11.3. The standard InChI is InChI=1S/C19H23FN6O2S2/c1-5-16-22-24-18(30-16)21-15(27)10-29-19-25-23-17(26(19)11(2)3)12(4)28-14-8-6-13(20)7-9-14/h6-9,11-12H,5,10H2,1-4H3,(H,21,24,27). The minimum atomic E-state index is -0.401. The van der Waals surface area contributed by atoms with Gasteiger partial charge in [-0.25, -0.2) is 4.39 Å². The van der Waals surface area contributed by atoms with Crippen LogP contribution < -0.4 is 10.1 Å². The minimum Gasteiger partial charge on any atom is -0.483 e. The lowest BCUT2D eigenvalue weighted by Crippen LogP contribution is -2.16. The van der Waals surface area contributed by atoms with Crippen molar-refractivity contribution in [2.75, 3.05) is 11.1 Å². The van der Waals surface area contributed by atoms with Crippen molar-refractivity contribution in [1.29, 1.82) is 0 Å². The number of rotatable bonds is 9. The maximum absolute atomic E-state index is 13.1. The highest BCUT2D eigenvalue weighted by Crippen LogP contribution is 2.28. The molecule has 160 valence electrons. The Hall–Kier alpha value is -2.53. The van der Waals surface area contributed by atoms with Gasteiger partial charge in [-0.2, -0.15) is 0 Å². The van der Waals surface area contributed by atoms with E-state index in [0.29, 0.717) is 21.9 Å². The Bertz CT molecular complexity index is 989. The zero-order chi connectivity index (χ0) is 21.7. The monoisotopic (exact) mass is 450 g/mol. The quantitative estimate of drug-likeness (QED) is 0.486. The molecule has 1 unspecified atom stereocenters. The summed E-state index contributed by atoms with van der Waals surface area (Å²) in [5.41, 5.74) is 0. The summed E-state index contributed by atoms with van der Waals surface area (Å²) in [7, 11) is 0. The molecule has 0 radical (unpaired) electrons. The Labute approximate surface area is 182 Å². The Kier molecular flexibility index (Phi) is 7.38. The zero-order valence-electron chi connectivity index (χ0n) is 17.1. The third-order valence-corrected chi connectivity index (χ3v) is 5.97. The van der Waals surface area contributed by atoms with Crippen LogP contribution in [0.15, 0.2) is 29.4 Å². The lowest BCUT2D eigenvalue weighted by Gasteiger charge is -2.18. The SMILES string of the molecule is CCc1nnc(NC(=O)CSc2nnc(C(C)Oc3ccc(F)cc3)n2C(C)C)s1. The molecule has 1 atom stereocenters. The fourth-order valence-electron chi connectivity index (χ4n) is 2.65. The van der Waals surface area contributed by atoms with Gasteiger partial charge in [0.1, 0.15) is 16.6 Å². The van der Waals surface area contributed by atoms with Crippen molar-refractivity contribution in [3.63, 3.8) is 0 Å². The van der Waals surface area contributed by atoms with Gasteiger partial charge >= 0.3 is 0 Å². The molecular formula is C19H23FN6O2S2. The third-order valence-electron chi connectivity index (χ3n) is 4.05. The molecule has 8 nitrogen and oxygen atoms in total. The molecule has 30 heavy (non-hydrogen) atoms. The lowest BCUT2D eigenvalue weighted by atomic mass is 10.3. The number of amides is 1. The fourth-order valence-corrected chi connectivity index (χ4v) is 4.22. The summed E-state index contributed by atoms with van der Waals surface area (Å²) in [6.07, 6.45) is 0.378. The molecule has 0 fully saturated rings. The van der Waals surface area contributed by atoms with E-state index in [1.165, 1.54) is 35.2 Å². The molecule has 1 aromatic carbocycles. The molecule has 0 aliphatic rings. The van der Waals surface area contributed by atoms with E-state index in [0.717, 1.165) is 11.4 Å². The average Bonchev–Trinajstić information content (AvgIpc) is 3.34. The van der Waals surface area contributed by atoms with E-state index < -0.39 is 6.10 Å². The predicted molar refractivity (Wildman–Crippen MR) is 114 cm³/mol. The van der Waals surface area contributed by atoms with E-state index in [1.807, 2.05) is 32.3 Å². The van der Waals surface area contributed by atoms with Crippen LogP contribution in [-0.4, -0.2) is 36.6 Å². The van der Waals surface area contributed by atoms with E-state index in [2.05, 4.69) is 25.7 Å². The number of thioether (sulfide) groups is 1. The summed E-state index contributed by atoms with van der Waals surface area (Å²) in [4.78, 5) is 12.3. The Morgan fingerprint density at radius 2 is 1.93 bits per heavy atom. The molecule has 2 heterocycles. The topological polar surface area (TPSA) is 94.8 Å². The van der Waals surface area contributed by atoms with Crippen LogP contribution in [0.2, 0.25) is 0 Å². The first-order chi connectivity index (χ1) is 14.4. The largest absolute Gasteiger partial charge is 0.483 e. The van der Waals surface area contributed by atoms with Crippen LogP contribution in [0.25, 0.3) is 0 Å². The summed E-state index contributed by atoms with van der Waals surface area (Å²) >= 11 is 2.65. The molecule has 2 aromatic heterocycles.